The van der Waals surface area contributed by atoms with E-state index in [9.17, 15) is 9.90 Å². The lowest BCUT2D eigenvalue weighted by Crippen LogP contribution is -2.47. The van der Waals surface area contributed by atoms with Crippen molar-refractivity contribution in [1.29, 1.82) is 0 Å². The van der Waals surface area contributed by atoms with Crippen LogP contribution in [0.5, 0.6) is 0 Å². The number of thiazole rings is 1. The third kappa shape index (κ3) is 2.18. The molecule has 2 rings (SSSR count). The average Bonchev–Trinajstić information content (AvgIpc) is 2.71. The van der Waals surface area contributed by atoms with Crippen LogP contribution in [0.25, 0.3) is 0 Å². The quantitative estimate of drug-likeness (QED) is 0.811. The van der Waals surface area contributed by atoms with E-state index in [0.717, 1.165) is 25.1 Å². The fourth-order valence-electron chi connectivity index (χ4n) is 2.05. The van der Waals surface area contributed by atoms with Crippen molar-refractivity contribution in [1.82, 2.24) is 10.3 Å². The van der Waals surface area contributed by atoms with E-state index in [1.807, 2.05) is 5.38 Å². The van der Waals surface area contributed by atoms with Crippen LogP contribution in [0.15, 0.2) is 10.9 Å². The van der Waals surface area contributed by atoms with Gasteiger partial charge in [-0.05, 0) is 19.4 Å². The lowest BCUT2D eigenvalue weighted by molar-refractivity contribution is -0.150. The minimum Gasteiger partial charge on any atom is -0.481 e. The number of nitrogens with zero attached hydrogens (tertiary/aromatic N) is 1. The summed E-state index contributed by atoms with van der Waals surface area (Å²) in [7, 11) is 0. The molecule has 1 atom stereocenters. The summed E-state index contributed by atoms with van der Waals surface area (Å²) in [5, 5.41) is 14.4. The molecule has 0 amide bonds. The highest BCUT2D eigenvalue weighted by Crippen LogP contribution is 2.30. The van der Waals surface area contributed by atoms with Gasteiger partial charge in [-0.2, -0.15) is 0 Å². The second-order valence-electron chi connectivity index (χ2n) is 4.02. The van der Waals surface area contributed by atoms with Crippen molar-refractivity contribution in [3.8, 4) is 0 Å². The number of hydrogen-bond donors (Lipinski definition) is 2. The molecule has 1 aliphatic heterocycles. The molecule has 1 saturated heterocycles. The maximum Gasteiger partial charge on any atom is 0.311 e. The number of rotatable bonds is 3. The predicted octanol–water partition coefficient (Wildman–Crippen LogP) is 1.14. The summed E-state index contributed by atoms with van der Waals surface area (Å²) in [5.74, 6) is -0.706. The summed E-state index contributed by atoms with van der Waals surface area (Å²) in [6, 6.07) is 0. The Hall–Kier alpha value is -0.940. The zero-order valence-electron chi connectivity index (χ0n) is 8.40. The summed E-state index contributed by atoms with van der Waals surface area (Å²) in [6.45, 7) is 1.48. The van der Waals surface area contributed by atoms with Crippen molar-refractivity contribution < 1.29 is 9.90 Å². The first-order chi connectivity index (χ1) is 7.23. The van der Waals surface area contributed by atoms with Gasteiger partial charge in [0.25, 0.3) is 0 Å². The van der Waals surface area contributed by atoms with Crippen LogP contribution in [-0.2, 0) is 11.2 Å². The second kappa shape index (κ2) is 4.28. The molecule has 0 unspecified atom stereocenters. The van der Waals surface area contributed by atoms with Crippen LogP contribution in [0.1, 0.15) is 18.5 Å². The predicted molar refractivity (Wildman–Crippen MR) is 58.0 cm³/mol. The van der Waals surface area contributed by atoms with Gasteiger partial charge < -0.3 is 10.4 Å². The normalized spacial score (nSPS) is 26.4. The van der Waals surface area contributed by atoms with Crippen LogP contribution in [0.3, 0.4) is 0 Å². The van der Waals surface area contributed by atoms with Crippen LogP contribution in [-0.4, -0.2) is 29.1 Å². The summed E-state index contributed by atoms with van der Waals surface area (Å²) < 4.78 is 0. The Balaban J connectivity index is 2.15. The molecule has 0 saturated carbocycles. The zero-order valence-corrected chi connectivity index (χ0v) is 9.22. The number of hydrogen-bond acceptors (Lipinski definition) is 4. The van der Waals surface area contributed by atoms with Gasteiger partial charge in [0, 0.05) is 18.3 Å². The monoisotopic (exact) mass is 226 g/mol. The Morgan fingerprint density at radius 1 is 1.73 bits per heavy atom. The maximum atomic E-state index is 11.3. The molecule has 4 nitrogen and oxygen atoms in total. The number of aliphatic carboxylic acids is 1. The van der Waals surface area contributed by atoms with Crippen molar-refractivity contribution in [3.05, 3.63) is 16.6 Å². The fraction of sp³-hybridized carbons (Fsp3) is 0.600. The van der Waals surface area contributed by atoms with Crippen molar-refractivity contribution >= 4 is 17.3 Å². The highest BCUT2D eigenvalue weighted by atomic mass is 32.1. The van der Waals surface area contributed by atoms with E-state index in [2.05, 4.69) is 10.3 Å². The molecular weight excluding hydrogens is 212 g/mol. The standard InChI is InChI=1S/C10H14N2O2S/c13-9(14)10(2-1-3-11-6-10)4-8-5-15-7-12-8/h5,7,11H,1-4,6H2,(H,13,14)/t10-/m1/s1. The lowest BCUT2D eigenvalue weighted by Gasteiger charge is -2.33. The van der Waals surface area contributed by atoms with E-state index in [4.69, 9.17) is 0 Å². The Kier molecular flexibility index (Phi) is 3.02. The van der Waals surface area contributed by atoms with Crippen LogP contribution < -0.4 is 5.32 Å². The molecule has 82 valence electrons. The molecule has 0 radical (unpaired) electrons. The molecule has 1 fully saturated rings. The van der Waals surface area contributed by atoms with E-state index in [0.29, 0.717) is 13.0 Å². The average molecular weight is 226 g/mol. The Labute approximate surface area is 92.3 Å². The van der Waals surface area contributed by atoms with Gasteiger partial charge >= 0.3 is 5.97 Å². The van der Waals surface area contributed by atoms with Crippen molar-refractivity contribution in [2.24, 2.45) is 5.41 Å². The number of carbonyl (C=O) groups is 1. The van der Waals surface area contributed by atoms with Gasteiger partial charge in [0.05, 0.1) is 16.6 Å². The Morgan fingerprint density at radius 2 is 2.60 bits per heavy atom. The van der Waals surface area contributed by atoms with Gasteiger partial charge in [-0.25, -0.2) is 4.98 Å². The minimum atomic E-state index is -0.706. The van der Waals surface area contributed by atoms with Crippen molar-refractivity contribution in [2.75, 3.05) is 13.1 Å². The first-order valence-corrected chi connectivity index (χ1v) is 5.98. The van der Waals surface area contributed by atoms with E-state index in [1.54, 1.807) is 5.51 Å². The van der Waals surface area contributed by atoms with Crippen LogP contribution in [0, 0.1) is 5.41 Å². The van der Waals surface area contributed by atoms with Gasteiger partial charge in [-0.3, -0.25) is 4.79 Å². The lowest BCUT2D eigenvalue weighted by atomic mass is 9.77. The fourth-order valence-corrected chi connectivity index (χ4v) is 2.61. The molecule has 1 aliphatic rings. The van der Waals surface area contributed by atoms with Gasteiger partial charge in [-0.1, -0.05) is 0 Å². The summed E-state index contributed by atoms with van der Waals surface area (Å²) in [5.41, 5.74) is 2.00. The third-order valence-electron chi connectivity index (χ3n) is 2.93. The number of piperidine rings is 1. The Bertz CT molecular complexity index is 331. The SMILES string of the molecule is O=C(O)[C@@]1(Cc2cscn2)CCCNC1. The molecule has 2 heterocycles. The van der Waals surface area contributed by atoms with Crippen LogP contribution in [0.2, 0.25) is 0 Å². The molecule has 0 spiro atoms. The van der Waals surface area contributed by atoms with E-state index >= 15 is 0 Å². The minimum absolute atomic E-state index is 0.541. The van der Waals surface area contributed by atoms with Crippen molar-refractivity contribution in [3.63, 3.8) is 0 Å². The zero-order chi connectivity index (χ0) is 10.7. The van der Waals surface area contributed by atoms with E-state index in [1.165, 1.54) is 11.3 Å². The highest BCUT2D eigenvalue weighted by Gasteiger charge is 2.40. The van der Waals surface area contributed by atoms with Gasteiger partial charge in [0.2, 0.25) is 0 Å². The van der Waals surface area contributed by atoms with Gasteiger partial charge in [0.15, 0.2) is 0 Å². The number of carboxylic acid groups (broad SMARTS) is 1. The maximum absolute atomic E-state index is 11.3. The number of nitrogens with one attached hydrogen (secondary N) is 1. The molecule has 5 heteroatoms. The Morgan fingerprint density at radius 3 is 3.13 bits per heavy atom. The molecule has 2 N–H and O–H groups in total. The molecule has 0 aliphatic carbocycles. The molecule has 15 heavy (non-hydrogen) atoms. The molecule has 0 bridgehead atoms. The first-order valence-electron chi connectivity index (χ1n) is 5.04. The van der Waals surface area contributed by atoms with Gasteiger partial charge in [-0.15, -0.1) is 11.3 Å². The number of carboxylic acids is 1. The van der Waals surface area contributed by atoms with E-state index in [-0.39, 0.29) is 0 Å². The molecule has 1 aromatic rings. The van der Waals surface area contributed by atoms with E-state index < -0.39 is 11.4 Å². The van der Waals surface area contributed by atoms with Crippen LogP contribution in [0.4, 0.5) is 0 Å². The molecule has 0 aromatic carbocycles. The molecular formula is C10H14N2O2S. The van der Waals surface area contributed by atoms with Crippen LogP contribution >= 0.6 is 11.3 Å². The highest BCUT2D eigenvalue weighted by molar-refractivity contribution is 7.07. The number of aromatic nitrogens is 1. The topological polar surface area (TPSA) is 62.2 Å². The second-order valence-corrected chi connectivity index (χ2v) is 4.74. The summed E-state index contributed by atoms with van der Waals surface area (Å²) in [6.07, 6.45) is 2.21. The first kappa shape index (κ1) is 10.6. The largest absolute Gasteiger partial charge is 0.481 e. The van der Waals surface area contributed by atoms with Crippen molar-refractivity contribution in [2.45, 2.75) is 19.3 Å². The summed E-state index contributed by atoms with van der Waals surface area (Å²) in [4.78, 5) is 15.5. The third-order valence-corrected chi connectivity index (χ3v) is 3.56. The summed E-state index contributed by atoms with van der Waals surface area (Å²) >= 11 is 1.51. The smallest absolute Gasteiger partial charge is 0.311 e. The molecule has 1 aromatic heterocycles. The van der Waals surface area contributed by atoms with Gasteiger partial charge in [0.1, 0.15) is 0 Å².